The number of rotatable bonds is 6. The zero-order valence-corrected chi connectivity index (χ0v) is 20.0. The van der Waals surface area contributed by atoms with Crippen LogP contribution in [-0.2, 0) is 4.79 Å². The third-order valence-corrected chi connectivity index (χ3v) is 5.67. The van der Waals surface area contributed by atoms with Crippen molar-refractivity contribution in [3.63, 3.8) is 0 Å². The molecule has 8 nitrogen and oxygen atoms in total. The fourth-order valence-electron chi connectivity index (χ4n) is 4.20. The molecule has 0 aromatic carbocycles. The summed E-state index contributed by atoms with van der Waals surface area (Å²) in [6.07, 6.45) is 0. The summed E-state index contributed by atoms with van der Waals surface area (Å²) in [5, 5.41) is 6.44. The largest absolute Gasteiger partial charge is 0.357 e. The first-order chi connectivity index (χ1) is 13.0. The van der Waals surface area contributed by atoms with Crippen molar-refractivity contribution in [3.8, 4) is 0 Å². The second-order valence-electron chi connectivity index (χ2n) is 8.17. The van der Waals surface area contributed by atoms with Gasteiger partial charge in [-0.25, -0.2) is 0 Å². The SMILES string of the molecule is CCNC(=NCC1CN2CCN1CC2)N1CCN(CC(=O)NC(C)C)CC1.I. The molecule has 0 radical (unpaired) electrons. The Morgan fingerprint density at radius 1 is 1.07 bits per heavy atom. The molecule has 2 bridgehead atoms. The van der Waals surface area contributed by atoms with Crippen LogP contribution in [-0.4, -0.2) is 122 Å². The zero-order chi connectivity index (χ0) is 19.2. The molecule has 4 rings (SSSR count). The van der Waals surface area contributed by atoms with E-state index in [4.69, 9.17) is 4.99 Å². The second-order valence-corrected chi connectivity index (χ2v) is 8.17. The third-order valence-electron chi connectivity index (χ3n) is 5.67. The molecule has 0 aromatic heterocycles. The maximum absolute atomic E-state index is 12.0. The average molecular weight is 507 g/mol. The monoisotopic (exact) mass is 507 g/mol. The Balaban J connectivity index is 0.00000280. The molecule has 0 spiro atoms. The summed E-state index contributed by atoms with van der Waals surface area (Å²) >= 11 is 0. The van der Waals surface area contributed by atoms with Gasteiger partial charge in [0, 0.05) is 77.5 Å². The predicted molar refractivity (Wildman–Crippen MR) is 124 cm³/mol. The molecule has 4 aliphatic heterocycles. The van der Waals surface area contributed by atoms with Gasteiger partial charge in [-0.15, -0.1) is 24.0 Å². The van der Waals surface area contributed by atoms with Gasteiger partial charge < -0.3 is 15.5 Å². The van der Waals surface area contributed by atoms with E-state index in [1.54, 1.807) is 0 Å². The van der Waals surface area contributed by atoms with Gasteiger partial charge in [-0.1, -0.05) is 0 Å². The molecular weight excluding hydrogens is 469 g/mol. The quantitative estimate of drug-likeness (QED) is 0.293. The lowest BCUT2D eigenvalue weighted by atomic mass is 10.1. The number of hydrogen-bond donors (Lipinski definition) is 2. The number of nitrogens with zero attached hydrogens (tertiary/aromatic N) is 5. The second kappa shape index (κ2) is 11.5. The number of aliphatic imine (C=N–C) groups is 1. The number of carbonyl (C=O) groups excluding carboxylic acids is 1. The van der Waals surface area contributed by atoms with Crippen molar-refractivity contribution in [2.24, 2.45) is 4.99 Å². The highest BCUT2D eigenvalue weighted by molar-refractivity contribution is 14.0. The summed E-state index contributed by atoms with van der Waals surface area (Å²) < 4.78 is 0. The lowest BCUT2D eigenvalue weighted by Gasteiger charge is -2.47. The van der Waals surface area contributed by atoms with E-state index >= 15 is 0 Å². The van der Waals surface area contributed by atoms with Gasteiger partial charge >= 0.3 is 0 Å². The molecule has 1 atom stereocenters. The number of fused-ring (bicyclic) bond motifs is 3. The van der Waals surface area contributed by atoms with Gasteiger partial charge in [-0.2, -0.15) is 0 Å². The van der Waals surface area contributed by atoms with E-state index in [0.29, 0.717) is 12.6 Å². The lowest BCUT2D eigenvalue weighted by Crippen LogP contribution is -2.62. The summed E-state index contributed by atoms with van der Waals surface area (Å²) in [5.41, 5.74) is 0. The average Bonchev–Trinajstić information content (AvgIpc) is 2.66. The highest BCUT2D eigenvalue weighted by atomic mass is 127. The molecule has 28 heavy (non-hydrogen) atoms. The molecule has 1 unspecified atom stereocenters. The van der Waals surface area contributed by atoms with Crippen LogP contribution in [0.1, 0.15) is 20.8 Å². The number of carbonyl (C=O) groups is 1. The summed E-state index contributed by atoms with van der Waals surface area (Å²) in [6, 6.07) is 0.760. The summed E-state index contributed by atoms with van der Waals surface area (Å²) in [4.78, 5) is 26.7. The fraction of sp³-hybridized carbons (Fsp3) is 0.895. The van der Waals surface area contributed by atoms with E-state index < -0.39 is 0 Å². The van der Waals surface area contributed by atoms with Gasteiger partial charge in [0.2, 0.25) is 5.91 Å². The Kier molecular flexibility index (Phi) is 9.72. The van der Waals surface area contributed by atoms with Gasteiger partial charge in [0.1, 0.15) is 0 Å². The van der Waals surface area contributed by atoms with Crippen LogP contribution in [0.4, 0.5) is 0 Å². The molecule has 0 saturated carbocycles. The molecule has 2 N–H and O–H groups in total. The highest BCUT2D eigenvalue weighted by Gasteiger charge is 2.31. The lowest BCUT2D eigenvalue weighted by molar-refractivity contribution is -0.123. The maximum Gasteiger partial charge on any atom is 0.234 e. The van der Waals surface area contributed by atoms with E-state index in [1.165, 1.54) is 26.2 Å². The van der Waals surface area contributed by atoms with E-state index in [9.17, 15) is 4.79 Å². The van der Waals surface area contributed by atoms with Crippen molar-refractivity contribution in [2.75, 3.05) is 78.5 Å². The van der Waals surface area contributed by atoms with Crippen LogP contribution in [0, 0.1) is 0 Å². The van der Waals surface area contributed by atoms with Gasteiger partial charge in [0.25, 0.3) is 0 Å². The van der Waals surface area contributed by atoms with Crippen LogP contribution >= 0.6 is 24.0 Å². The smallest absolute Gasteiger partial charge is 0.234 e. The number of piperazine rings is 4. The van der Waals surface area contributed by atoms with E-state index in [-0.39, 0.29) is 35.9 Å². The minimum Gasteiger partial charge on any atom is -0.357 e. The molecule has 9 heteroatoms. The third kappa shape index (κ3) is 6.70. The van der Waals surface area contributed by atoms with Gasteiger partial charge in [0.05, 0.1) is 13.1 Å². The van der Waals surface area contributed by atoms with E-state index in [0.717, 1.165) is 51.8 Å². The van der Waals surface area contributed by atoms with Gasteiger partial charge in [-0.05, 0) is 20.8 Å². The van der Waals surface area contributed by atoms with E-state index in [2.05, 4.69) is 37.2 Å². The fourth-order valence-corrected chi connectivity index (χ4v) is 4.20. The highest BCUT2D eigenvalue weighted by Crippen LogP contribution is 2.16. The topological polar surface area (TPSA) is 66.5 Å². The first kappa shape index (κ1) is 23.6. The number of nitrogens with one attached hydrogen (secondary N) is 2. The first-order valence-electron chi connectivity index (χ1n) is 10.6. The van der Waals surface area contributed by atoms with Crippen LogP contribution in [0.15, 0.2) is 4.99 Å². The van der Waals surface area contributed by atoms with Crippen molar-refractivity contribution in [2.45, 2.75) is 32.9 Å². The number of hydrogen-bond acceptors (Lipinski definition) is 5. The Hall–Kier alpha value is -0.650. The van der Waals surface area contributed by atoms with Crippen molar-refractivity contribution in [1.82, 2.24) is 30.2 Å². The normalized spacial score (nSPS) is 28.2. The molecule has 162 valence electrons. The molecule has 4 heterocycles. The van der Waals surface area contributed by atoms with Crippen molar-refractivity contribution < 1.29 is 4.79 Å². The zero-order valence-electron chi connectivity index (χ0n) is 17.7. The predicted octanol–water partition coefficient (Wildman–Crippen LogP) is -0.288. The molecule has 0 aliphatic carbocycles. The summed E-state index contributed by atoms with van der Waals surface area (Å²) in [7, 11) is 0. The van der Waals surface area contributed by atoms with Crippen LogP contribution in [0.5, 0.6) is 0 Å². The Bertz CT molecular complexity index is 514. The van der Waals surface area contributed by atoms with Gasteiger partial charge in [-0.3, -0.25) is 24.5 Å². The van der Waals surface area contributed by atoms with Crippen molar-refractivity contribution >= 4 is 35.8 Å². The van der Waals surface area contributed by atoms with E-state index in [1.807, 2.05) is 13.8 Å². The number of halogens is 1. The Labute approximate surface area is 187 Å². The summed E-state index contributed by atoms with van der Waals surface area (Å²) in [6.45, 7) is 18.0. The maximum atomic E-state index is 12.0. The van der Waals surface area contributed by atoms with Crippen molar-refractivity contribution in [3.05, 3.63) is 0 Å². The van der Waals surface area contributed by atoms with Gasteiger partial charge in [0.15, 0.2) is 5.96 Å². The van der Waals surface area contributed by atoms with Crippen LogP contribution < -0.4 is 10.6 Å². The summed E-state index contributed by atoms with van der Waals surface area (Å²) in [5.74, 6) is 1.15. The van der Waals surface area contributed by atoms with Crippen LogP contribution in [0.3, 0.4) is 0 Å². The molecule has 0 aromatic rings. The molecule has 1 amide bonds. The number of guanidine groups is 1. The molecule has 4 saturated heterocycles. The molecule has 4 fully saturated rings. The van der Waals surface area contributed by atoms with Crippen LogP contribution in [0.2, 0.25) is 0 Å². The first-order valence-corrected chi connectivity index (χ1v) is 10.6. The standard InChI is InChI=1S/C19H37N7O.HI/c1-4-20-19(21-13-17-14-23-5-9-25(17)10-6-23)26-11-7-24(8-12-26)15-18(27)22-16(2)3;/h16-17H,4-15H2,1-3H3,(H,20,21)(H,22,27);1H. The Morgan fingerprint density at radius 3 is 2.29 bits per heavy atom. The molecule has 4 aliphatic rings. The minimum atomic E-state index is 0. The number of amides is 1. The Morgan fingerprint density at radius 2 is 1.75 bits per heavy atom. The molecular formula is C19H38IN7O. The van der Waals surface area contributed by atoms with Crippen LogP contribution in [0.25, 0.3) is 0 Å². The minimum absolute atomic E-state index is 0. The van der Waals surface area contributed by atoms with Crippen molar-refractivity contribution in [1.29, 1.82) is 0 Å².